The van der Waals surface area contributed by atoms with Crippen LogP contribution in [-0.2, 0) is 17.6 Å². The first-order valence-electron chi connectivity index (χ1n) is 8.45. The molecule has 0 spiro atoms. The SMILES string of the molecule is O=C1c2c(nc(N3CCOCC3)c3c2CCCC3)-c2cccn21. The number of pyridine rings is 1. The largest absolute Gasteiger partial charge is 0.378 e. The summed E-state index contributed by atoms with van der Waals surface area (Å²) in [6.07, 6.45) is 6.22. The van der Waals surface area contributed by atoms with Gasteiger partial charge in [-0.25, -0.2) is 4.98 Å². The van der Waals surface area contributed by atoms with Crippen molar-refractivity contribution in [3.8, 4) is 11.4 Å². The fourth-order valence-electron chi connectivity index (χ4n) is 4.12. The van der Waals surface area contributed by atoms with Gasteiger partial charge in [0.2, 0.25) is 0 Å². The van der Waals surface area contributed by atoms with Gasteiger partial charge >= 0.3 is 0 Å². The van der Waals surface area contributed by atoms with E-state index in [1.807, 2.05) is 18.3 Å². The molecule has 0 atom stereocenters. The van der Waals surface area contributed by atoms with E-state index in [0.717, 1.165) is 68.3 Å². The number of anilines is 1. The summed E-state index contributed by atoms with van der Waals surface area (Å²) in [5.41, 5.74) is 5.22. The fourth-order valence-corrected chi connectivity index (χ4v) is 4.12. The van der Waals surface area contributed by atoms with Crippen LogP contribution in [0.15, 0.2) is 18.3 Å². The van der Waals surface area contributed by atoms with Gasteiger partial charge in [0.15, 0.2) is 0 Å². The molecule has 5 nitrogen and oxygen atoms in total. The minimum Gasteiger partial charge on any atom is -0.378 e. The van der Waals surface area contributed by atoms with Crippen LogP contribution in [0.4, 0.5) is 5.82 Å². The molecule has 3 aliphatic rings. The van der Waals surface area contributed by atoms with Crippen LogP contribution in [0.5, 0.6) is 0 Å². The van der Waals surface area contributed by atoms with Crippen LogP contribution in [0, 0.1) is 0 Å². The van der Waals surface area contributed by atoms with Crippen LogP contribution in [0.1, 0.15) is 34.3 Å². The monoisotopic (exact) mass is 309 g/mol. The zero-order chi connectivity index (χ0) is 15.4. The smallest absolute Gasteiger partial charge is 0.264 e. The number of carbonyl (C=O) groups is 1. The highest BCUT2D eigenvalue weighted by Crippen LogP contribution is 2.40. The molecule has 0 aromatic carbocycles. The lowest BCUT2D eigenvalue weighted by atomic mass is 9.87. The number of nitrogens with zero attached hydrogens (tertiary/aromatic N) is 3. The Morgan fingerprint density at radius 3 is 2.70 bits per heavy atom. The number of rotatable bonds is 1. The molecular formula is C18H19N3O2. The Bertz CT molecular complexity index is 803. The van der Waals surface area contributed by atoms with E-state index in [-0.39, 0.29) is 5.91 Å². The first-order valence-corrected chi connectivity index (χ1v) is 8.45. The molecular weight excluding hydrogens is 290 g/mol. The lowest BCUT2D eigenvalue weighted by Crippen LogP contribution is -2.38. The molecule has 1 aliphatic carbocycles. The molecule has 4 heterocycles. The first kappa shape index (κ1) is 13.3. The summed E-state index contributed by atoms with van der Waals surface area (Å²) in [6.45, 7) is 3.27. The van der Waals surface area contributed by atoms with Crippen molar-refractivity contribution in [2.75, 3.05) is 31.2 Å². The summed E-state index contributed by atoms with van der Waals surface area (Å²) >= 11 is 0. The van der Waals surface area contributed by atoms with Gasteiger partial charge in [0.1, 0.15) is 11.5 Å². The Balaban J connectivity index is 1.74. The van der Waals surface area contributed by atoms with Gasteiger partial charge in [-0.3, -0.25) is 9.36 Å². The van der Waals surface area contributed by atoms with Gasteiger partial charge in [0, 0.05) is 19.3 Å². The van der Waals surface area contributed by atoms with Crippen molar-refractivity contribution in [3.63, 3.8) is 0 Å². The summed E-state index contributed by atoms with van der Waals surface area (Å²) in [4.78, 5) is 20.1. The van der Waals surface area contributed by atoms with Crippen molar-refractivity contribution in [1.29, 1.82) is 0 Å². The van der Waals surface area contributed by atoms with Crippen LogP contribution in [-0.4, -0.2) is 41.8 Å². The lowest BCUT2D eigenvalue weighted by molar-refractivity contribution is 0.0968. The van der Waals surface area contributed by atoms with Gasteiger partial charge in [-0.05, 0) is 48.9 Å². The molecule has 2 aliphatic heterocycles. The van der Waals surface area contributed by atoms with Crippen molar-refractivity contribution in [3.05, 3.63) is 35.0 Å². The average molecular weight is 309 g/mol. The molecule has 0 radical (unpaired) electrons. The molecule has 0 N–H and O–H groups in total. The molecule has 0 unspecified atom stereocenters. The lowest BCUT2D eigenvalue weighted by Gasteiger charge is -2.32. The summed E-state index contributed by atoms with van der Waals surface area (Å²) in [5, 5.41) is 0. The zero-order valence-electron chi connectivity index (χ0n) is 13.0. The number of ether oxygens (including phenoxy) is 1. The average Bonchev–Trinajstić information content (AvgIpc) is 3.18. The van der Waals surface area contributed by atoms with Crippen molar-refractivity contribution in [2.45, 2.75) is 25.7 Å². The standard InChI is InChI=1S/C18H19N3O2/c22-18-15-12-4-1-2-5-13(12)17(20-8-10-23-11-9-20)19-16(15)14-6-3-7-21(14)18/h3,6-7H,1-2,4-5,8-11H2. The van der Waals surface area contributed by atoms with Crippen LogP contribution < -0.4 is 4.90 Å². The quantitative estimate of drug-likeness (QED) is 0.692. The molecule has 1 fully saturated rings. The van der Waals surface area contributed by atoms with Crippen LogP contribution in [0.25, 0.3) is 11.4 Å². The number of hydrogen-bond acceptors (Lipinski definition) is 4. The van der Waals surface area contributed by atoms with Gasteiger partial charge in [-0.2, -0.15) is 0 Å². The summed E-state index contributed by atoms with van der Waals surface area (Å²) in [5.74, 6) is 1.18. The molecule has 118 valence electrons. The molecule has 0 saturated carbocycles. The Kier molecular flexibility index (Phi) is 2.85. The van der Waals surface area contributed by atoms with Crippen LogP contribution >= 0.6 is 0 Å². The maximum Gasteiger partial charge on any atom is 0.264 e. The van der Waals surface area contributed by atoms with E-state index in [1.165, 1.54) is 17.5 Å². The van der Waals surface area contributed by atoms with E-state index >= 15 is 0 Å². The number of fused-ring (bicyclic) bond motifs is 5. The molecule has 5 rings (SSSR count). The van der Waals surface area contributed by atoms with Crippen LogP contribution in [0.3, 0.4) is 0 Å². The Morgan fingerprint density at radius 1 is 1.09 bits per heavy atom. The molecule has 1 saturated heterocycles. The Morgan fingerprint density at radius 2 is 1.87 bits per heavy atom. The van der Waals surface area contributed by atoms with Gasteiger partial charge in [0.25, 0.3) is 5.91 Å². The Labute approximate surface area is 134 Å². The molecule has 2 aromatic heterocycles. The van der Waals surface area contributed by atoms with E-state index in [0.29, 0.717) is 0 Å². The summed E-state index contributed by atoms with van der Waals surface area (Å²) in [6, 6.07) is 3.92. The van der Waals surface area contributed by atoms with Crippen LogP contribution in [0.2, 0.25) is 0 Å². The predicted octanol–water partition coefficient (Wildman–Crippen LogP) is 2.27. The second-order valence-electron chi connectivity index (χ2n) is 6.49. The number of morpholine rings is 1. The molecule has 2 aromatic rings. The summed E-state index contributed by atoms with van der Waals surface area (Å²) < 4.78 is 7.24. The number of aromatic nitrogens is 2. The van der Waals surface area contributed by atoms with E-state index in [1.54, 1.807) is 4.57 Å². The maximum absolute atomic E-state index is 12.8. The third-order valence-corrected chi connectivity index (χ3v) is 5.23. The molecule has 0 bridgehead atoms. The summed E-state index contributed by atoms with van der Waals surface area (Å²) in [7, 11) is 0. The topological polar surface area (TPSA) is 47.4 Å². The van der Waals surface area contributed by atoms with Crippen molar-refractivity contribution >= 4 is 11.7 Å². The third kappa shape index (κ3) is 1.83. The van der Waals surface area contributed by atoms with Gasteiger partial charge in [-0.15, -0.1) is 0 Å². The molecule has 0 amide bonds. The van der Waals surface area contributed by atoms with Gasteiger partial charge < -0.3 is 9.64 Å². The number of carbonyl (C=O) groups excluding carboxylic acids is 1. The Hall–Kier alpha value is -2.14. The van der Waals surface area contributed by atoms with E-state index in [9.17, 15) is 4.79 Å². The third-order valence-electron chi connectivity index (χ3n) is 5.23. The van der Waals surface area contributed by atoms with Gasteiger partial charge in [0.05, 0.1) is 24.5 Å². The van der Waals surface area contributed by atoms with Gasteiger partial charge in [-0.1, -0.05) is 0 Å². The first-order chi connectivity index (χ1) is 11.3. The molecule has 23 heavy (non-hydrogen) atoms. The minimum atomic E-state index is 0.0965. The van der Waals surface area contributed by atoms with E-state index in [4.69, 9.17) is 9.72 Å². The van der Waals surface area contributed by atoms with Crippen molar-refractivity contribution in [1.82, 2.24) is 9.55 Å². The second kappa shape index (κ2) is 4.93. The van der Waals surface area contributed by atoms with Crippen molar-refractivity contribution < 1.29 is 9.53 Å². The highest BCUT2D eigenvalue weighted by Gasteiger charge is 2.34. The maximum atomic E-state index is 12.8. The van der Waals surface area contributed by atoms with Crippen molar-refractivity contribution in [2.24, 2.45) is 0 Å². The van der Waals surface area contributed by atoms with E-state index in [2.05, 4.69) is 4.90 Å². The highest BCUT2D eigenvalue weighted by molar-refractivity contribution is 6.09. The second-order valence-corrected chi connectivity index (χ2v) is 6.49. The fraction of sp³-hybridized carbons (Fsp3) is 0.444. The highest BCUT2D eigenvalue weighted by atomic mass is 16.5. The normalized spacial score (nSPS) is 19.5. The molecule has 5 heteroatoms. The zero-order valence-corrected chi connectivity index (χ0v) is 13.0. The minimum absolute atomic E-state index is 0.0965. The van der Waals surface area contributed by atoms with E-state index < -0.39 is 0 Å². The predicted molar refractivity (Wildman–Crippen MR) is 87.1 cm³/mol. The number of hydrogen-bond donors (Lipinski definition) is 0.